The summed E-state index contributed by atoms with van der Waals surface area (Å²) in [7, 11) is 0. The Balaban J connectivity index is 2.36. The molecule has 0 bridgehead atoms. The third-order valence-electron chi connectivity index (χ3n) is 3.45. The normalized spacial score (nSPS) is 28.7. The first-order valence-electron chi connectivity index (χ1n) is 6.88. The molecule has 0 aromatic heterocycles. The third kappa shape index (κ3) is 4.94. The quantitative estimate of drug-likeness (QED) is 0.766. The van der Waals surface area contributed by atoms with Crippen molar-refractivity contribution in [3.8, 4) is 0 Å². The van der Waals surface area contributed by atoms with Gasteiger partial charge in [-0.25, -0.2) is 0 Å². The highest BCUT2D eigenvalue weighted by molar-refractivity contribution is 5.75. The molecule has 3 unspecified atom stereocenters. The van der Waals surface area contributed by atoms with E-state index in [1.54, 1.807) is 6.92 Å². The van der Waals surface area contributed by atoms with Crippen molar-refractivity contribution in [2.75, 3.05) is 13.2 Å². The summed E-state index contributed by atoms with van der Waals surface area (Å²) in [5.41, 5.74) is 6.04. The lowest BCUT2D eigenvalue weighted by Gasteiger charge is -2.39. The van der Waals surface area contributed by atoms with Crippen LogP contribution in [0.15, 0.2) is 0 Å². The van der Waals surface area contributed by atoms with E-state index in [2.05, 4.69) is 20.8 Å². The second kappa shape index (κ2) is 6.53. The maximum absolute atomic E-state index is 11.4. The highest BCUT2D eigenvalue weighted by Gasteiger charge is 2.33. The first-order valence-corrected chi connectivity index (χ1v) is 6.88. The van der Waals surface area contributed by atoms with Gasteiger partial charge in [-0.05, 0) is 37.5 Å². The fraction of sp³-hybridized carbons (Fsp3) is 0.929. The van der Waals surface area contributed by atoms with E-state index in [0.29, 0.717) is 17.9 Å². The summed E-state index contributed by atoms with van der Waals surface area (Å²) in [6, 6.07) is -0.662. The second-order valence-electron chi connectivity index (χ2n) is 6.23. The zero-order valence-electron chi connectivity index (χ0n) is 12.1. The van der Waals surface area contributed by atoms with Crippen LogP contribution in [0, 0.1) is 11.3 Å². The first-order chi connectivity index (χ1) is 8.34. The molecule has 106 valence electrons. The molecule has 18 heavy (non-hydrogen) atoms. The van der Waals surface area contributed by atoms with Gasteiger partial charge in [0.25, 0.3) is 0 Å². The molecule has 0 radical (unpaired) electrons. The van der Waals surface area contributed by atoms with Gasteiger partial charge in [0.2, 0.25) is 0 Å². The van der Waals surface area contributed by atoms with Crippen LogP contribution in [0.5, 0.6) is 0 Å². The predicted molar refractivity (Wildman–Crippen MR) is 71.1 cm³/mol. The Bertz CT molecular complexity index is 278. The van der Waals surface area contributed by atoms with Gasteiger partial charge in [0.05, 0.1) is 19.3 Å². The zero-order chi connectivity index (χ0) is 13.8. The number of esters is 1. The standard InChI is InChI=1S/C14H27NO3/c1-5-17-13(16)12(15)9-18-11-6-10(2)7-14(3,4)8-11/h10-12H,5-9,15H2,1-4H3. The zero-order valence-corrected chi connectivity index (χ0v) is 12.1. The number of rotatable bonds is 5. The number of carbonyl (C=O) groups is 1. The van der Waals surface area contributed by atoms with Gasteiger partial charge in [0.1, 0.15) is 6.04 Å². The molecule has 0 aromatic carbocycles. The van der Waals surface area contributed by atoms with Crippen molar-refractivity contribution >= 4 is 5.97 Å². The van der Waals surface area contributed by atoms with E-state index in [1.165, 1.54) is 6.42 Å². The van der Waals surface area contributed by atoms with Gasteiger partial charge < -0.3 is 15.2 Å². The van der Waals surface area contributed by atoms with E-state index in [9.17, 15) is 4.79 Å². The van der Waals surface area contributed by atoms with Gasteiger partial charge in [-0.15, -0.1) is 0 Å². The van der Waals surface area contributed by atoms with Crippen LogP contribution in [0.2, 0.25) is 0 Å². The summed E-state index contributed by atoms with van der Waals surface area (Å²) in [6.45, 7) is 9.18. The molecule has 3 atom stereocenters. The minimum Gasteiger partial charge on any atom is -0.465 e. The van der Waals surface area contributed by atoms with E-state index in [-0.39, 0.29) is 18.7 Å². The monoisotopic (exact) mass is 257 g/mol. The predicted octanol–water partition coefficient (Wildman–Crippen LogP) is 2.11. The highest BCUT2D eigenvalue weighted by Crippen LogP contribution is 2.39. The maximum atomic E-state index is 11.4. The van der Waals surface area contributed by atoms with E-state index in [1.807, 2.05) is 0 Å². The third-order valence-corrected chi connectivity index (χ3v) is 3.45. The van der Waals surface area contributed by atoms with Gasteiger partial charge in [0.15, 0.2) is 0 Å². The van der Waals surface area contributed by atoms with Crippen LogP contribution < -0.4 is 5.73 Å². The Morgan fingerprint density at radius 3 is 2.67 bits per heavy atom. The van der Waals surface area contributed by atoms with E-state index < -0.39 is 6.04 Å². The molecule has 0 saturated heterocycles. The number of hydrogen-bond donors (Lipinski definition) is 1. The van der Waals surface area contributed by atoms with Crippen molar-refractivity contribution < 1.29 is 14.3 Å². The van der Waals surface area contributed by atoms with Crippen molar-refractivity contribution in [1.29, 1.82) is 0 Å². The lowest BCUT2D eigenvalue weighted by molar-refractivity contribution is -0.147. The number of carbonyl (C=O) groups excluding carboxylic acids is 1. The van der Waals surface area contributed by atoms with E-state index in [4.69, 9.17) is 15.2 Å². The molecular weight excluding hydrogens is 230 g/mol. The molecule has 4 heteroatoms. The SMILES string of the molecule is CCOC(=O)C(N)COC1CC(C)CC(C)(C)C1. The van der Waals surface area contributed by atoms with Crippen LogP contribution in [0.3, 0.4) is 0 Å². The number of hydrogen-bond acceptors (Lipinski definition) is 4. The molecule has 2 N–H and O–H groups in total. The summed E-state index contributed by atoms with van der Waals surface area (Å²) in [4.78, 5) is 11.4. The van der Waals surface area contributed by atoms with E-state index in [0.717, 1.165) is 12.8 Å². The van der Waals surface area contributed by atoms with Gasteiger partial charge in [0, 0.05) is 0 Å². The van der Waals surface area contributed by atoms with E-state index >= 15 is 0 Å². The van der Waals surface area contributed by atoms with Crippen LogP contribution in [-0.4, -0.2) is 31.3 Å². The Labute approximate surface area is 110 Å². The Hall–Kier alpha value is -0.610. The lowest BCUT2D eigenvalue weighted by Crippen LogP contribution is -2.40. The summed E-state index contributed by atoms with van der Waals surface area (Å²) in [5.74, 6) is 0.290. The number of ether oxygens (including phenoxy) is 2. The molecule has 1 rings (SSSR count). The molecule has 0 amide bonds. The molecule has 0 aromatic rings. The Morgan fingerprint density at radius 2 is 2.11 bits per heavy atom. The first kappa shape index (κ1) is 15.4. The van der Waals surface area contributed by atoms with Crippen molar-refractivity contribution in [3.63, 3.8) is 0 Å². The fourth-order valence-electron chi connectivity index (χ4n) is 2.94. The van der Waals surface area contributed by atoms with Gasteiger partial charge in [-0.1, -0.05) is 20.8 Å². The summed E-state index contributed by atoms with van der Waals surface area (Å²) in [6.07, 6.45) is 3.53. The minimum absolute atomic E-state index is 0.212. The van der Waals surface area contributed by atoms with Crippen molar-refractivity contribution in [2.24, 2.45) is 17.1 Å². The van der Waals surface area contributed by atoms with Crippen LogP contribution in [-0.2, 0) is 14.3 Å². The summed E-state index contributed by atoms with van der Waals surface area (Å²) in [5, 5.41) is 0. The Kier molecular flexibility index (Phi) is 5.60. The minimum atomic E-state index is -0.662. The topological polar surface area (TPSA) is 61.5 Å². The molecule has 1 aliphatic carbocycles. The molecular formula is C14H27NO3. The Morgan fingerprint density at radius 1 is 1.44 bits per heavy atom. The highest BCUT2D eigenvalue weighted by atomic mass is 16.5. The molecule has 0 aliphatic heterocycles. The van der Waals surface area contributed by atoms with Crippen LogP contribution >= 0.6 is 0 Å². The average molecular weight is 257 g/mol. The molecule has 0 spiro atoms. The maximum Gasteiger partial charge on any atom is 0.325 e. The van der Waals surface area contributed by atoms with Crippen LogP contribution in [0.1, 0.15) is 47.0 Å². The smallest absolute Gasteiger partial charge is 0.325 e. The van der Waals surface area contributed by atoms with Crippen LogP contribution in [0.25, 0.3) is 0 Å². The molecule has 0 heterocycles. The second-order valence-corrected chi connectivity index (χ2v) is 6.23. The average Bonchev–Trinajstić information content (AvgIpc) is 2.23. The van der Waals surface area contributed by atoms with Crippen molar-refractivity contribution in [2.45, 2.75) is 59.1 Å². The lowest BCUT2D eigenvalue weighted by atomic mass is 9.71. The number of nitrogens with two attached hydrogens (primary N) is 1. The molecule has 1 aliphatic rings. The molecule has 1 saturated carbocycles. The largest absolute Gasteiger partial charge is 0.465 e. The summed E-state index contributed by atoms with van der Waals surface area (Å²) >= 11 is 0. The van der Waals surface area contributed by atoms with Gasteiger partial charge >= 0.3 is 5.97 Å². The van der Waals surface area contributed by atoms with Crippen LogP contribution in [0.4, 0.5) is 0 Å². The van der Waals surface area contributed by atoms with Crippen molar-refractivity contribution in [1.82, 2.24) is 0 Å². The van der Waals surface area contributed by atoms with Gasteiger partial charge in [-0.2, -0.15) is 0 Å². The van der Waals surface area contributed by atoms with Crippen molar-refractivity contribution in [3.05, 3.63) is 0 Å². The van der Waals surface area contributed by atoms with Gasteiger partial charge in [-0.3, -0.25) is 4.79 Å². The summed E-state index contributed by atoms with van der Waals surface area (Å²) < 4.78 is 10.7. The molecule has 1 fully saturated rings. The fourth-order valence-corrected chi connectivity index (χ4v) is 2.94. The molecule has 4 nitrogen and oxygen atoms in total.